The molecule has 0 amide bonds. The van der Waals surface area contributed by atoms with E-state index in [0.717, 1.165) is 11.3 Å². The predicted octanol–water partition coefficient (Wildman–Crippen LogP) is 5.84. The van der Waals surface area contributed by atoms with E-state index in [1.54, 1.807) is 26.2 Å². The molecule has 0 radical (unpaired) electrons. The maximum atomic E-state index is 14.5. The molecule has 1 fully saturated rings. The van der Waals surface area contributed by atoms with Gasteiger partial charge in [-0.3, -0.25) is 4.99 Å². The first-order valence-electron chi connectivity index (χ1n) is 11.7. The first kappa shape index (κ1) is 24.3. The lowest BCUT2D eigenvalue weighted by Gasteiger charge is -2.14. The molecule has 35 heavy (non-hydrogen) atoms. The summed E-state index contributed by atoms with van der Waals surface area (Å²) in [7, 11) is 3.44. The summed E-state index contributed by atoms with van der Waals surface area (Å²) in [6.07, 6.45) is 2.60. The van der Waals surface area contributed by atoms with E-state index in [1.165, 1.54) is 18.9 Å². The minimum Gasteiger partial charge on any atom is -0.481 e. The van der Waals surface area contributed by atoms with Gasteiger partial charge in [-0.15, -0.1) is 0 Å². The SMILES string of the molecule is C=C(NC)c1ccc(-c2noc(C(CC)Oc3ccc(C(=NC)N=C(C)C4CC4)cc3)n2)cc1F. The Morgan fingerprint density at radius 1 is 1.26 bits per heavy atom. The average Bonchev–Trinajstić information content (AvgIpc) is 3.62. The summed E-state index contributed by atoms with van der Waals surface area (Å²) in [4.78, 5) is 13.5. The molecule has 0 bridgehead atoms. The highest BCUT2D eigenvalue weighted by atomic mass is 19.1. The van der Waals surface area contributed by atoms with Gasteiger partial charge in [-0.2, -0.15) is 4.98 Å². The highest BCUT2D eigenvalue weighted by Gasteiger charge is 2.25. The van der Waals surface area contributed by atoms with Gasteiger partial charge >= 0.3 is 0 Å². The van der Waals surface area contributed by atoms with Gasteiger partial charge in [0.1, 0.15) is 11.6 Å². The van der Waals surface area contributed by atoms with Crippen LogP contribution in [0.5, 0.6) is 5.75 Å². The lowest BCUT2D eigenvalue weighted by molar-refractivity contribution is 0.154. The smallest absolute Gasteiger partial charge is 0.268 e. The number of hydrogen-bond acceptors (Lipinski definition) is 6. The molecule has 182 valence electrons. The van der Waals surface area contributed by atoms with Gasteiger partial charge in [-0.1, -0.05) is 24.7 Å². The molecule has 4 rings (SSSR count). The molecule has 1 aromatic heterocycles. The number of nitrogens with zero attached hydrogens (tertiary/aromatic N) is 4. The van der Waals surface area contributed by atoms with Crippen LogP contribution < -0.4 is 10.1 Å². The van der Waals surface area contributed by atoms with Crippen LogP contribution >= 0.6 is 0 Å². The van der Waals surface area contributed by atoms with Crippen molar-refractivity contribution in [3.63, 3.8) is 0 Å². The first-order valence-corrected chi connectivity index (χ1v) is 11.7. The topological polar surface area (TPSA) is 84.9 Å². The van der Waals surface area contributed by atoms with Crippen LogP contribution in [0.1, 0.15) is 56.2 Å². The van der Waals surface area contributed by atoms with E-state index in [1.807, 2.05) is 31.2 Å². The Bertz CT molecular complexity index is 1260. The molecule has 3 aromatic rings. The number of aromatic nitrogens is 2. The fraction of sp³-hybridized carbons (Fsp3) is 0.333. The zero-order valence-corrected chi connectivity index (χ0v) is 20.5. The summed E-state index contributed by atoms with van der Waals surface area (Å²) < 4.78 is 26.1. The van der Waals surface area contributed by atoms with Crippen LogP contribution in [0.2, 0.25) is 0 Å². The number of amidine groups is 1. The number of aliphatic imine (C=N–C) groups is 2. The molecule has 8 heteroatoms. The second-order valence-electron chi connectivity index (χ2n) is 8.49. The summed E-state index contributed by atoms with van der Waals surface area (Å²) in [5, 5.41) is 6.87. The molecule has 1 unspecified atom stereocenters. The van der Waals surface area contributed by atoms with Crippen molar-refractivity contribution in [3.05, 3.63) is 71.9 Å². The highest BCUT2D eigenvalue weighted by molar-refractivity contribution is 6.07. The summed E-state index contributed by atoms with van der Waals surface area (Å²) >= 11 is 0. The van der Waals surface area contributed by atoms with E-state index in [0.29, 0.717) is 52.5 Å². The van der Waals surface area contributed by atoms with Crippen molar-refractivity contribution in [1.82, 2.24) is 15.5 Å². The number of hydrogen-bond donors (Lipinski definition) is 1. The van der Waals surface area contributed by atoms with Crippen LogP contribution in [0.3, 0.4) is 0 Å². The highest BCUT2D eigenvalue weighted by Crippen LogP contribution is 2.31. The second kappa shape index (κ2) is 10.6. The van der Waals surface area contributed by atoms with Crippen molar-refractivity contribution in [1.29, 1.82) is 0 Å². The lowest BCUT2D eigenvalue weighted by atomic mass is 10.1. The molecule has 0 saturated heterocycles. The van der Waals surface area contributed by atoms with Crippen LogP contribution in [-0.2, 0) is 0 Å². The normalized spacial score (nSPS) is 15.1. The van der Waals surface area contributed by atoms with Crippen LogP contribution in [0.25, 0.3) is 17.1 Å². The number of nitrogens with one attached hydrogen (secondary N) is 1. The molecule has 0 aliphatic heterocycles. The minimum atomic E-state index is -0.440. The van der Waals surface area contributed by atoms with E-state index < -0.39 is 11.9 Å². The fourth-order valence-corrected chi connectivity index (χ4v) is 3.68. The van der Waals surface area contributed by atoms with Gasteiger partial charge in [0.25, 0.3) is 5.89 Å². The van der Waals surface area contributed by atoms with Gasteiger partial charge in [0.05, 0.1) is 0 Å². The monoisotopic (exact) mass is 475 g/mol. The molecule has 1 atom stereocenters. The molecule has 1 N–H and O–H groups in total. The minimum absolute atomic E-state index is 0.297. The van der Waals surface area contributed by atoms with Crippen molar-refractivity contribution in [2.24, 2.45) is 15.9 Å². The molecular weight excluding hydrogens is 445 g/mol. The molecule has 1 aliphatic rings. The Labute approximate surface area is 204 Å². The molecule has 1 aliphatic carbocycles. The van der Waals surface area contributed by atoms with Crippen LogP contribution in [0.4, 0.5) is 4.39 Å². The zero-order valence-electron chi connectivity index (χ0n) is 20.5. The van der Waals surface area contributed by atoms with E-state index >= 15 is 0 Å². The van der Waals surface area contributed by atoms with Gasteiger partial charge in [0, 0.05) is 42.2 Å². The van der Waals surface area contributed by atoms with Crippen LogP contribution in [-0.4, -0.2) is 35.8 Å². The van der Waals surface area contributed by atoms with E-state index in [-0.39, 0.29) is 0 Å². The number of halogens is 1. The molecule has 1 heterocycles. The third-order valence-corrected chi connectivity index (χ3v) is 6.00. The maximum Gasteiger partial charge on any atom is 0.268 e. The summed E-state index contributed by atoms with van der Waals surface area (Å²) in [5.41, 5.74) is 3.46. The number of benzene rings is 2. The van der Waals surface area contributed by atoms with Gasteiger partial charge in [-0.25, -0.2) is 9.38 Å². The lowest BCUT2D eigenvalue weighted by Crippen LogP contribution is -2.08. The van der Waals surface area contributed by atoms with Crippen molar-refractivity contribution < 1.29 is 13.7 Å². The Morgan fingerprint density at radius 3 is 2.60 bits per heavy atom. The van der Waals surface area contributed by atoms with E-state index in [2.05, 4.69) is 34.0 Å². The van der Waals surface area contributed by atoms with Crippen molar-refractivity contribution in [2.75, 3.05) is 14.1 Å². The average molecular weight is 476 g/mol. The molecule has 0 spiro atoms. The van der Waals surface area contributed by atoms with Crippen molar-refractivity contribution >= 4 is 17.2 Å². The van der Waals surface area contributed by atoms with E-state index in [9.17, 15) is 4.39 Å². The number of ether oxygens (including phenoxy) is 1. The summed E-state index contributed by atoms with van der Waals surface area (Å²) in [6.45, 7) is 7.83. The fourth-order valence-electron chi connectivity index (χ4n) is 3.68. The third kappa shape index (κ3) is 5.65. The summed E-state index contributed by atoms with van der Waals surface area (Å²) in [5.74, 6) is 2.19. The van der Waals surface area contributed by atoms with Gasteiger partial charge < -0.3 is 14.6 Å². The predicted molar refractivity (Wildman–Crippen MR) is 136 cm³/mol. The first-order chi connectivity index (χ1) is 16.9. The van der Waals surface area contributed by atoms with Gasteiger partial charge in [-0.05, 0) is 68.5 Å². The molecule has 7 nitrogen and oxygen atoms in total. The van der Waals surface area contributed by atoms with Crippen LogP contribution in [0, 0.1) is 11.7 Å². The van der Waals surface area contributed by atoms with Gasteiger partial charge in [0.15, 0.2) is 11.9 Å². The zero-order chi connectivity index (χ0) is 24.9. The summed E-state index contributed by atoms with van der Waals surface area (Å²) in [6, 6.07) is 12.4. The molecular formula is C27H30FN5O2. The number of rotatable bonds is 9. The van der Waals surface area contributed by atoms with Crippen LogP contribution in [0.15, 0.2) is 63.6 Å². The Balaban J connectivity index is 1.47. The second-order valence-corrected chi connectivity index (χ2v) is 8.49. The standard InChI is InChI=1S/C27H30FN5O2/c1-6-24(27-32-26(33-35-27)20-11-14-22(17(3)29-4)23(28)15-20)34-21-12-9-19(10-13-21)25(30-5)31-16(2)18-7-8-18/h9-15,18,24,29H,3,6-8H2,1-2,4-5H3. The van der Waals surface area contributed by atoms with Crippen molar-refractivity contribution in [2.45, 2.75) is 39.2 Å². The van der Waals surface area contributed by atoms with Gasteiger partial charge in [0.2, 0.25) is 5.82 Å². The van der Waals surface area contributed by atoms with Crippen molar-refractivity contribution in [3.8, 4) is 17.1 Å². The Hall–Kier alpha value is -3.81. The third-order valence-electron chi connectivity index (χ3n) is 6.00. The Morgan fingerprint density at radius 2 is 2.00 bits per heavy atom. The quantitative estimate of drug-likeness (QED) is 0.310. The maximum absolute atomic E-state index is 14.5. The molecule has 1 saturated carbocycles. The van der Waals surface area contributed by atoms with E-state index in [4.69, 9.17) is 14.3 Å². The molecule has 2 aromatic carbocycles. The largest absolute Gasteiger partial charge is 0.481 e. The Kier molecular flexibility index (Phi) is 7.39.